The highest BCUT2D eigenvalue weighted by Gasteiger charge is 2.17. The van der Waals surface area contributed by atoms with E-state index < -0.39 is 0 Å². The molecule has 1 aromatic carbocycles. The van der Waals surface area contributed by atoms with Gasteiger partial charge >= 0.3 is 6.01 Å². The minimum atomic E-state index is 0.496. The molecule has 0 aliphatic heterocycles. The van der Waals surface area contributed by atoms with E-state index in [0.29, 0.717) is 17.9 Å². The molecule has 1 aliphatic carbocycles. The molecule has 0 unspecified atom stereocenters. The molecule has 4 heteroatoms. The normalized spacial score (nSPS) is 16.1. The van der Waals surface area contributed by atoms with E-state index in [2.05, 4.69) is 34.5 Å². The van der Waals surface area contributed by atoms with Gasteiger partial charge in [0.2, 0.25) is 5.82 Å². The number of rotatable bonds is 3. The molecule has 94 valence electrons. The first-order valence-corrected chi connectivity index (χ1v) is 6.48. The van der Waals surface area contributed by atoms with E-state index in [-0.39, 0.29) is 0 Å². The van der Waals surface area contributed by atoms with E-state index >= 15 is 0 Å². The van der Waals surface area contributed by atoms with E-state index in [0.717, 1.165) is 5.56 Å². The van der Waals surface area contributed by atoms with Crippen molar-refractivity contribution in [2.75, 3.05) is 5.32 Å². The molecular weight excluding hydrogens is 226 g/mol. The van der Waals surface area contributed by atoms with Crippen LogP contribution in [0.25, 0.3) is 11.4 Å². The van der Waals surface area contributed by atoms with Gasteiger partial charge in [0.15, 0.2) is 0 Å². The van der Waals surface area contributed by atoms with E-state index in [9.17, 15) is 0 Å². The first-order valence-electron chi connectivity index (χ1n) is 6.48. The Labute approximate surface area is 106 Å². The summed E-state index contributed by atoms with van der Waals surface area (Å²) in [6.45, 7) is 2.06. The van der Waals surface area contributed by atoms with Crippen LogP contribution in [0.15, 0.2) is 28.8 Å². The third kappa shape index (κ3) is 2.37. The van der Waals surface area contributed by atoms with Crippen LogP contribution in [0, 0.1) is 6.92 Å². The zero-order valence-electron chi connectivity index (χ0n) is 10.5. The fourth-order valence-electron chi connectivity index (χ4n) is 2.43. The van der Waals surface area contributed by atoms with Gasteiger partial charge in [0.1, 0.15) is 0 Å². The second kappa shape index (κ2) is 4.80. The minimum Gasteiger partial charge on any atom is -0.335 e. The maximum Gasteiger partial charge on any atom is 0.322 e. The zero-order valence-corrected chi connectivity index (χ0v) is 10.5. The van der Waals surface area contributed by atoms with Gasteiger partial charge < -0.3 is 9.84 Å². The number of aromatic nitrogens is 2. The molecule has 4 nitrogen and oxygen atoms in total. The summed E-state index contributed by atoms with van der Waals surface area (Å²) in [5.41, 5.74) is 2.20. The first kappa shape index (κ1) is 11.3. The van der Waals surface area contributed by atoms with Gasteiger partial charge in [0, 0.05) is 11.6 Å². The smallest absolute Gasteiger partial charge is 0.322 e. The summed E-state index contributed by atoms with van der Waals surface area (Å²) >= 11 is 0. The Balaban J connectivity index is 1.76. The van der Waals surface area contributed by atoms with Crippen LogP contribution in [-0.4, -0.2) is 16.2 Å². The van der Waals surface area contributed by atoms with Crippen molar-refractivity contribution < 1.29 is 4.52 Å². The van der Waals surface area contributed by atoms with Gasteiger partial charge in [-0.25, -0.2) is 0 Å². The van der Waals surface area contributed by atoms with Gasteiger partial charge in [0.05, 0.1) is 0 Å². The predicted molar refractivity (Wildman–Crippen MR) is 70.3 cm³/mol. The van der Waals surface area contributed by atoms with Crippen LogP contribution < -0.4 is 5.32 Å². The topological polar surface area (TPSA) is 51.0 Å². The van der Waals surface area contributed by atoms with Crippen LogP contribution in [0.2, 0.25) is 0 Å². The summed E-state index contributed by atoms with van der Waals surface area (Å²) < 4.78 is 5.25. The number of nitrogens with one attached hydrogen (secondary N) is 1. The molecule has 18 heavy (non-hydrogen) atoms. The first-order chi connectivity index (χ1) is 8.81. The zero-order chi connectivity index (χ0) is 12.4. The van der Waals surface area contributed by atoms with E-state index in [1.54, 1.807) is 0 Å². The summed E-state index contributed by atoms with van der Waals surface area (Å²) in [6.07, 6.45) is 4.97. The lowest BCUT2D eigenvalue weighted by atomic mass is 10.1. The van der Waals surface area contributed by atoms with E-state index in [4.69, 9.17) is 4.52 Å². The van der Waals surface area contributed by atoms with Crippen LogP contribution >= 0.6 is 0 Å². The Bertz CT molecular complexity index is 529. The van der Waals surface area contributed by atoms with Crippen molar-refractivity contribution in [1.29, 1.82) is 0 Å². The fourth-order valence-corrected chi connectivity index (χ4v) is 2.43. The van der Waals surface area contributed by atoms with Crippen LogP contribution in [0.3, 0.4) is 0 Å². The van der Waals surface area contributed by atoms with Crippen LogP contribution in [0.4, 0.5) is 6.01 Å². The highest BCUT2D eigenvalue weighted by Crippen LogP contribution is 2.23. The molecule has 0 radical (unpaired) electrons. The van der Waals surface area contributed by atoms with Crippen molar-refractivity contribution in [2.24, 2.45) is 0 Å². The van der Waals surface area contributed by atoms with E-state index in [1.807, 2.05) is 12.1 Å². The summed E-state index contributed by atoms with van der Waals surface area (Å²) in [6, 6.07) is 9.16. The molecular formula is C14H17N3O. The Morgan fingerprint density at radius 2 is 2.11 bits per heavy atom. The number of anilines is 1. The van der Waals surface area contributed by atoms with Gasteiger partial charge in [-0.3, -0.25) is 0 Å². The van der Waals surface area contributed by atoms with Crippen molar-refractivity contribution >= 4 is 6.01 Å². The third-order valence-corrected chi connectivity index (χ3v) is 3.39. The Morgan fingerprint density at radius 1 is 1.28 bits per heavy atom. The summed E-state index contributed by atoms with van der Waals surface area (Å²) in [5, 5.41) is 7.33. The molecule has 1 heterocycles. The monoisotopic (exact) mass is 243 g/mol. The molecule has 0 spiro atoms. The lowest BCUT2D eigenvalue weighted by Crippen LogP contribution is -2.14. The highest BCUT2D eigenvalue weighted by molar-refractivity contribution is 5.56. The lowest BCUT2D eigenvalue weighted by molar-refractivity contribution is 0.427. The van der Waals surface area contributed by atoms with Gasteiger partial charge in [0.25, 0.3) is 0 Å². The number of hydrogen-bond donors (Lipinski definition) is 1. The maximum atomic E-state index is 5.25. The molecule has 1 fully saturated rings. The average Bonchev–Trinajstić information content (AvgIpc) is 3.01. The number of nitrogens with zero attached hydrogens (tertiary/aromatic N) is 2. The van der Waals surface area contributed by atoms with Crippen molar-refractivity contribution in [3.05, 3.63) is 29.8 Å². The fraction of sp³-hybridized carbons (Fsp3) is 0.429. The number of benzene rings is 1. The van der Waals surface area contributed by atoms with Gasteiger partial charge in [-0.05, 0) is 25.8 Å². The van der Waals surface area contributed by atoms with Gasteiger partial charge in [-0.2, -0.15) is 4.98 Å². The molecule has 3 rings (SSSR count). The quantitative estimate of drug-likeness (QED) is 0.897. The van der Waals surface area contributed by atoms with Gasteiger partial charge in [-0.15, -0.1) is 0 Å². The molecule has 2 aromatic rings. The summed E-state index contributed by atoms with van der Waals surface area (Å²) in [4.78, 5) is 4.40. The van der Waals surface area contributed by atoms with Crippen LogP contribution in [0.1, 0.15) is 31.2 Å². The third-order valence-electron chi connectivity index (χ3n) is 3.39. The van der Waals surface area contributed by atoms with Crippen molar-refractivity contribution in [3.8, 4) is 11.4 Å². The minimum absolute atomic E-state index is 0.496. The van der Waals surface area contributed by atoms with Crippen molar-refractivity contribution in [3.63, 3.8) is 0 Å². The molecule has 1 aliphatic rings. The molecule has 0 amide bonds. The number of aryl methyl sites for hydroxylation is 1. The van der Waals surface area contributed by atoms with Crippen molar-refractivity contribution in [2.45, 2.75) is 38.6 Å². The van der Waals surface area contributed by atoms with Crippen LogP contribution in [-0.2, 0) is 0 Å². The molecule has 1 N–H and O–H groups in total. The van der Waals surface area contributed by atoms with Crippen LogP contribution in [0.5, 0.6) is 0 Å². The average molecular weight is 243 g/mol. The second-order valence-electron chi connectivity index (χ2n) is 4.92. The molecule has 1 aromatic heterocycles. The van der Waals surface area contributed by atoms with Crippen molar-refractivity contribution in [1.82, 2.24) is 10.1 Å². The van der Waals surface area contributed by atoms with E-state index in [1.165, 1.54) is 31.2 Å². The molecule has 0 bridgehead atoms. The summed E-state index contributed by atoms with van der Waals surface area (Å²) in [7, 11) is 0. The predicted octanol–water partition coefficient (Wildman–Crippen LogP) is 3.40. The maximum absolute atomic E-state index is 5.25. The Hall–Kier alpha value is -1.84. The standard InChI is InChI=1S/C14H17N3O/c1-10-5-4-6-11(9-10)13-16-14(18-17-13)15-12-7-2-3-8-12/h4-6,9,12H,2-3,7-8H2,1H3,(H,15,16,17). The Kier molecular flexibility index (Phi) is 3.00. The largest absolute Gasteiger partial charge is 0.335 e. The Morgan fingerprint density at radius 3 is 2.89 bits per heavy atom. The lowest BCUT2D eigenvalue weighted by Gasteiger charge is -2.07. The molecule has 0 saturated heterocycles. The summed E-state index contributed by atoms with van der Waals surface area (Å²) in [5.74, 6) is 0.652. The molecule has 0 atom stereocenters. The SMILES string of the molecule is Cc1cccc(-c2noc(NC3CCCC3)n2)c1. The molecule has 1 saturated carbocycles. The second-order valence-corrected chi connectivity index (χ2v) is 4.92. The highest BCUT2D eigenvalue weighted by atomic mass is 16.5. The van der Waals surface area contributed by atoms with Gasteiger partial charge in [-0.1, -0.05) is 41.8 Å². The number of hydrogen-bond acceptors (Lipinski definition) is 4.